The summed E-state index contributed by atoms with van der Waals surface area (Å²) in [6.45, 7) is 2.25. The average molecular weight is 449 g/mol. The van der Waals surface area contributed by atoms with E-state index in [1.165, 1.54) is 0 Å². The number of nitrogens with one attached hydrogen (secondary N) is 1. The monoisotopic (exact) mass is 448 g/mol. The summed E-state index contributed by atoms with van der Waals surface area (Å²) in [6.07, 6.45) is -2.73. The van der Waals surface area contributed by atoms with Gasteiger partial charge in [-0.3, -0.25) is 0 Å². The van der Waals surface area contributed by atoms with Gasteiger partial charge in [0.15, 0.2) is 0 Å². The van der Waals surface area contributed by atoms with Gasteiger partial charge in [-0.15, -0.1) is 13.2 Å². The van der Waals surface area contributed by atoms with Crippen LogP contribution in [0.25, 0.3) is 0 Å². The standard InChI is InChI=1S/C19H20ClF3N2O3S/c20-15-5-3-14(4-6-15)18(13-25-11-1-2-12-25)24-29(26,27)17-9-7-16(8-10-17)28-19(21,22)23/h3-10,18,24H,1-2,11-13H2. The van der Waals surface area contributed by atoms with Crippen molar-refractivity contribution < 1.29 is 26.3 Å². The van der Waals surface area contributed by atoms with E-state index in [1.807, 2.05) is 0 Å². The Morgan fingerprint density at radius 3 is 2.17 bits per heavy atom. The molecule has 0 aromatic heterocycles. The van der Waals surface area contributed by atoms with E-state index in [9.17, 15) is 21.6 Å². The topological polar surface area (TPSA) is 58.6 Å². The highest BCUT2D eigenvalue weighted by molar-refractivity contribution is 7.89. The molecular weight excluding hydrogens is 429 g/mol. The molecule has 0 aliphatic carbocycles. The van der Waals surface area contributed by atoms with Crippen molar-refractivity contribution in [3.05, 3.63) is 59.1 Å². The van der Waals surface area contributed by atoms with Gasteiger partial charge in [0, 0.05) is 11.6 Å². The van der Waals surface area contributed by atoms with E-state index in [2.05, 4.69) is 14.4 Å². The zero-order chi connectivity index (χ0) is 21.1. The van der Waals surface area contributed by atoms with E-state index in [4.69, 9.17) is 11.6 Å². The van der Waals surface area contributed by atoms with Crippen LogP contribution in [0.4, 0.5) is 13.2 Å². The lowest BCUT2D eigenvalue weighted by molar-refractivity contribution is -0.274. The summed E-state index contributed by atoms with van der Waals surface area (Å²) in [7, 11) is -3.97. The van der Waals surface area contributed by atoms with Crippen molar-refractivity contribution in [3.63, 3.8) is 0 Å². The fraction of sp³-hybridized carbons (Fsp3) is 0.368. The first-order valence-electron chi connectivity index (χ1n) is 8.98. The number of alkyl halides is 3. The van der Waals surface area contributed by atoms with Crippen LogP contribution >= 0.6 is 11.6 Å². The summed E-state index contributed by atoms with van der Waals surface area (Å²) in [5, 5.41) is 0.539. The molecular formula is C19H20ClF3N2O3S. The van der Waals surface area contributed by atoms with Crippen LogP contribution in [0.2, 0.25) is 5.02 Å². The maximum Gasteiger partial charge on any atom is 0.573 e. The van der Waals surface area contributed by atoms with E-state index in [-0.39, 0.29) is 4.90 Å². The van der Waals surface area contributed by atoms with Crippen molar-refractivity contribution in [2.75, 3.05) is 19.6 Å². The van der Waals surface area contributed by atoms with Crippen molar-refractivity contribution in [1.82, 2.24) is 9.62 Å². The SMILES string of the molecule is O=S(=O)(NC(CN1CCCC1)c1ccc(Cl)cc1)c1ccc(OC(F)(F)F)cc1. The smallest absolute Gasteiger partial charge is 0.406 e. The number of nitrogens with zero attached hydrogens (tertiary/aromatic N) is 1. The molecule has 0 spiro atoms. The van der Waals surface area contributed by atoms with Gasteiger partial charge in [0.05, 0.1) is 10.9 Å². The second-order valence-corrected chi connectivity index (χ2v) is 8.90. The Kier molecular flexibility index (Phi) is 6.72. The van der Waals surface area contributed by atoms with Crippen molar-refractivity contribution >= 4 is 21.6 Å². The van der Waals surface area contributed by atoms with E-state index in [0.29, 0.717) is 11.6 Å². The third kappa shape index (κ3) is 6.33. The van der Waals surface area contributed by atoms with Gasteiger partial charge in [-0.2, -0.15) is 0 Å². The highest BCUT2D eigenvalue weighted by Gasteiger charge is 2.31. The average Bonchev–Trinajstić information content (AvgIpc) is 3.14. The Hall–Kier alpha value is -1.81. The van der Waals surface area contributed by atoms with E-state index >= 15 is 0 Å². The van der Waals surface area contributed by atoms with Gasteiger partial charge in [0.1, 0.15) is 5.75 Å². The van der Waals surface area contributed by atoms with E-state index in [1.54, 1.807) is 24.3 Å². The number of hydrogen-bond donors (Lipinski definition) is 1. The minimum absolute atomic E-state index is 0.146. The lowest BCUT2D eigenvalue weighted by atomic mass is 10.1. The largest absolute Gasteiger partial charge is 0.573 e. The predicted molar refractivity (Wildman–Crippen MR) is 103 cm³/mol. The van der Waals surface area contributed by atoms with Gasteiger partial charge in [-0.05, 0) is 67.9 Å². The third-order valence-electron chi connectivity index (χ3n) is 4.58. The van der Waals surface area contributed by atoms with Gasteiger partial charge in [-0.1, -0.05) is 23.7 Å². The van der Waals surface area contributed by atoms with Crippen LogP contribution in [-0.2, 0) is 10.0 Å². The second-order valence-electron chi connectivity index (χ2n) is 6.75. The first-order chi connectivity index (χ1) is 13.6. The molecule has 5 nitrogen and oxygen atoms in total. The first-order valence-corrected chi connectivity index (χ1v) is 10.8. The summed E-state index contributed by atoms with van der Waals surface area (Å²) in [4.78, 5) is 2.02. The lowest BCUT2D eigenvalue weighted by Gasteiger charge is -2.25. The van der Waals surface area contributed by atoms with Crippen LogP contribution in [0.1, 0.15) is 24.4 Å². The molecule has 158 valence electrons. The van der Waals surface area contributed by atoms with Crippen LogP contribution in [-0.4, -0.2) is 39.3 Å². The highest BCUT2D eigenvalue weighted by Crippen LogP contribution is 2.26. The van der Waals surface area contributed by atoms with Gasteiger partial charge in [0.25, 0.3) is 0 Å². The van der Waals surface area contributed by atoms with Crippen LogP contribution in [0.3, 0.4) is 0 Å². The van der Waals surface area contributed by atoms with Gasteiger partial charge in [0.2, 0.25) is 10.0 Å². The molecule has 1 aliphatic heterocycles. The summed E-state index contributed by atoms with van der Waals surface area (Å²) < 4.78 is 69.0. The van der Waals surface area contributed by atoms with E-state index < -0.39 is 28.2 Å². The molecule has 1 fully saturated rings. The van der Waals surface area contributed by atoms with Crippen molar-refractivity contribution in [3.8, 4) is 5.75 Å². The normalized spacial score (nSPS) is 16.7. The molecule has 29 heavy (non-hydrogen) atoms. The summed E-state index contributed by atoms with van der Waals surface area (Å²) >= 11 is 5.94. The Bertz CT molecular complexity index is 913. The molecule has 1 aliphatic rings. The van der Waals surface area contributed by atoms with E-state index in [0.717, 1.165) is 55.8 Å². The Morgan fingerprint density at radius 1 is 1.03 bits per heavy atom. The maximum atomic E-state index is 12.8. The van der Waals surface area contributed by atoms with Gasteiger partial charge in [-0.25, -0.2) is 13.1 Å². The number of benzene rings is 2. The highest BCUT2D eigenvalue weighted by atomic mass is 35.5. The molecule has 1 N–H and O–H groups in total. The second kappa shape index (κ2) is 8.91. The quantitative estimate of drug-likeness (QED) is 0.684. The minimum atomic E-state index is -4.84. The third-order valence-corrected chi connectivity index (χ3v) is 6.32. The summed E-state index contributed by atoms with van der Waals surface area (Å²) in [6, 6.07) is 10.5. The molecule has 0 amide bonds. The number of ether oxygens (including phenoxy) is 1. The maximum absolute atomic E-state index is 12.8. The molecule has 2 aromatic carbocycles. The Balaban J connectivity index is 1.80. The van der Waals surface area contributed by atoms with Crippen LogP contribution in [0.5, 0.6) is 5.75 Å². The molecule has 1 unspecified atom stereocenters. The van der Waals surface area contributed by atoms with Crippen molar-refractivity contribution in [2.24, 2.45) is 0 Å². The Morgan fingerprint density at radius 2 is 1.62 bits per heavy atom. The number of likely N-dealkylation sites (tertiary alicyclic amines) is 1. The summed E-state index contributed by atoms with van der Waals surface area (Å²) in [5.41, 5.74) is 0.752. The predicted octanol–water partition coefficient (Wildman–Crippen LogP) is 4.35. The molecule has 1 atom stereocenters. The zero-order valence-corrected chi connectivity index (χ0v) is 16.9. The zero-order valence-electron chi connectivity index (χ0n) is 15.3. The van der Waals surface area contributed by atoms with Crippen molar-refractivity contribution in [1.29, 1.82) is 0 Å². The molecule has 2 aromatic rings. The molecule has 1 saturated heterocycles. The molecule has 10 heteroatoms. The molecule has 0 radical (unpaired) electrons. The summed E-state index contributed by atoms with van der Waals surface area (Å²) in [5.74, 6) is -0.484. The first kappa shape index (κ1) is 21.9. The molecule has 0 saturated carbocycles. The van der Waals surface area contributed by atoms with Crippen molar-refractivity contribution in [2.45, 2.75) is 30.1 Å². The minimum Gasteiger partial charge on any atom is -0.406 e. The molecule has 0 bridgehead atoms. The number of halogens is 4. The van der Waals surface area contributed by atoms with Crippen LogP contribution in [0.15, 0.2) is 53.4 Å². The van der Waals surface area contributed by atoms with Gasteiger partial charge < -0.3 is 9.64 Å². The Labute approximate surface area is 172 Å². The lowest BCUT2D eigenvalue weighted by Crippen LogP contribution is -2.37. The van der Waals surface area contributed by atoms with Crippen LogP contribution < -0.4 is 9.46 Å². The number of sulfonamides is 1. The molecule has 1 heterocycles. The molecule has 3 rings (SSSR count). The fourth-order valence-electron chi connectivity index (χ4n) is 3.20. The fourth-order valence-corrected chi connectivity index (χ4v) is 4.55. The number of rotatable bonds is 7. The van der Waals surface area contributed by atoms with Crippen LogP contribution in [0, 0.1) is 0 Å². The number of hydrogen-bond acceptors (Lipinski definition) is 4. The van der Waals surface area contributed by atoms with Gasteiger partial charge >= 0.3 is 6.36 Å².